The summed E-state index contributed by atoms with van der Waals surface area (Å²) in [6.45, 7) is 4.67. The Bertz CT molecular complexity index is 1000. The topological polar surface area (TPSA) is 112 Å². The van der Waals surface area contributed by atoms with Crippen LogP contribution in [0.3, 0.4) is 0 Å². The van der Waals surface area contributed by atoms with Gasteiger partial charge in [0.15, 0.2) is 5.82 Å². The van der Waals surface area contributed by atoms with E-state index in [-0.39, 0.29) is 11.6 Å². The fourth-order valence-corrected chi connectivity index (χ4v) is 3.92. The Hall–Kier alpha value is -3.20. The molecule has 2 aromatic heterocycles. The van der Waals surface area contributed by atoms with Crippen LogP contribution < -0.4 is 5.84 Å². The molecular formula is C19H20N6O2S. The molecule has 0 atom stereocenters. The lowest BCUT2D eigenvalue weighted by Gasteiger charge is -2.12. The molecule has 3 rings (SSSR count). The number of nitro benzene ring substituents is 1. The zero-order valence-electron chi connectivity index (χ0n) is 15.5. The standard InChI is InChI=1S/C19H20N6O2S/c1-13(2)18-19(28-16-5-3-4-15(10-16)25(26)27)24(17(23-18)11-22-20)12-14-6-8-21-9-7-14/h3-11,13H,12,20H2,1-2H3. The highest BCUT2D eigenvalue weighted by atomic mass is 32.2. The SMILES string of the molecule is CC(C)c1nc(C=NN)n(Cc2ccncc2)c1Sc1cccc([N+](=O)[O-])c1. The second-order valence-electron chi connectivity index (χ2n) is 6.39. The maximum absolute atomic E-state index is 11.1. The van der Waals surface area contributed by atoms with Crippen molar-refractivity contribution in [2.45, 2.75) is 36.2 Å². The minimum absolute atomic E-state index is 0.0556. The van der Waals surface area contributed by atoms with Crippen LogP contribution >= 0.6 is 11.8 Å². The van der Waals surface area contributed by atoms with Gasteiger partial charge < -0.3 is 10.4 Å². The van der Waals surface area contributed by atoms with Gasteiger partial charge in [-0.1, -0.05) is 31.7 Å². The number of imidazole rings is 1. The van der Waals surface area contributed by atoms with E-state index in [1.54, 1.807) is 24.5 Å². The lowest BCUT2D eigenvalue weighted by atomic mass is 10.1. The van der Waals surface area contributed by atoms with Gasteiger partial charge in [0.05, 0.1) is 23.4 Å². The number of hydrazone groups is 1. The molecule has 8 nitrogen and oxygen atoms in total. The van der Waals surface area contributed by atoms with Crippen molar-refractivity contribution < 1.29 is 4.92 Å². The first-order valence-electron chi connectivity index (χ1n) is 8.64. The molecule has 0 unspecified atom stereocenters. The molecule has 1 aromatic carbocycles. The molecule has 3 aromatic rings. The molecule has 0 aliphatic heterocycles. The second-order valence-corrected chi connectivity index (χ2v) is 7.45. The fourth-order valence-electron chi connectivity index (χ4n) is 2.72. The summed E-state index contributed by atoms with van der Waals surface area (Å²) >= 11 is 1.44. The molecule has 2 N–H and O–H groups in total. The third kappa shape index (κ3) is 4.37. The summed E-state index contributed by atoms with van der Waals surface area (Å²) in [6, 6.07) is 10.4. The van der Waals surface area contributed by atoms with E-state index in [1.807, 2.05) is 22.8 Å². The molecule has 0 saturated carbocycles. The van der Waals surface area contributed by atoms with Crippen molar-refractivity contribution in [1.29, 1.82) is 0 Å². The lowest BCUT2D eigenvalue weighted by Crippen LogP contribution is -2.07. The number of pyridine rings is 1. The highest BCUT2D eigenvalue weighted by Crippen LogP contribution is 2.36. The molecule has 0 fully saturated rings. The van der Waals surface area contributed by atoms with Gasteiger partial charge >= 0.3 is 0 Å². The van der Waals surface area contributed by atoms with Crippen molar-refractivity contribution in [3.05, 3.63) is 76.0 Å². The van der Waals surface area contributed by atoms with E-state index in [1.165, 1.54) is 24.0 Å². The average molecular weight is 396 g/mol. The van der Waals surface area contributed by atoms with Crippen LogP contribution in [0.2, 0.25) is 0 Å². The monoisotopic (exact) mass is 396 g/mol. The Balaban J connectivity index is 2.09. The van der Waals surface area contributed by atoms with Crippen molar-refractivity contribution in [3.8, 4) is 0 Å². The summed E-state index contributed by atoms with van der Waals surface area (Å²) in [5, 5.41) is 15.7. The van der Waals surface area contributed by atoms with Gasteiger partial charge in [0.25, 0.3) is 5.69 Å². The van der Waals surface area contributed by atoms with Crippen molar-refractivity contribution in [1.82, 2.24) is 14.5 Å². The van der Waals surface area contributed by atoms with Crippen LogP contribution in [-0.2, 0) is 6.54 Å². The van der Waals surface area contributed by atoms with E-state index in [0.29, 0.717) is 12.4 Å². The van der Waals surface area contributed by atoms with Crippen molar-refractivity contribution >= 4 is 23.7 Å². The molecule has 0 aliphatic carbocycles. The number of benzene rings is 1. The van der Waals surface area contributed by atoms with Gasteiger partial charge in [0, 0.05) is 29.4 Å². The summed E-state index contributed by atoms with van der Waals surface area (Å²) in [7, 11) is 0. The number of nitro groups is 1. The highest BCUT2D eigenvalue weighted by Gasteiger charge is 2.21. The van der Waals surface area contributed by atoms with Gasteiger partial charge in [-0.15, -0.1) is 0 Å². The van der Waals surface area contributed by atoms with Crippen molar-refractivity contribution in [3.63, 3.8) is 0 Å². The second kappa shape index (κ2) is 8.66. The molecule has 0 spiro atoms. The number of nitrogens with two attached hydrogens (primary N) is 1. The minimum atomic E-state index is -0.395. The number of hydrogen-bond donors (Lipinski definition) is 1. The Kier molecular flexibility index (Phi) is 6.05. The Labute approximate surface area is 166 Å². The average Bonchev–Trinajstić information content (AvgIpc) is 3.01. The molecule has 0 aliphatic rings. The van der Waals surface area contributed by atoms with Crippen molar-refractivity contribution in [2.24, 2.45) is 10.9 Å². The van der Waals surface area contributed by atoms with Crippen LogP contribution in [0, 0.1) is 10.1 Å². The summed E-state index contributed by atoms with van der Waals surface area (Å²) < 4.78 is 2.02. The zero-order valence-corrected chi connectivity index (χ0v) is 16.3. The Morgan fingerprint density at radius 2 is 2.07 bits per heavy atom. The van der Waals surface area contributed by atoms with Crippen LogP contribution in [0.4, 0.5) is 5.69 Å². The van der Waals surface area contributed by atoms with E-state index >= 15 is 0 Å². The summed E-state index contributed by atoms with van der Waals surface area (Å²) in [5.41, 5.74) is 2.00. The van der Waals surface area contributed by atoms with Crippen LogP contribution in [0.5, 0.6) is 0 Å². The predicted molar refractivity (Wildman–Crippen MR) is 109 cm³/mol. The molecule has 0 saturated heterocycles. The van der Waals surface area contributed by atoms with Gasteiger partial charge in [-0.3, -0.25) is 15.1 Å². The molecule has 28 heavy (non-hydrogen) atoms. The quantitative estimate of drug-likeness (QED) is 0.281. The van der Waals surface area contributed by atoms with Gasteiger partial charge in [-0.25, -0.2) is 4.98 Å². The first-order valence-corrected chi connectivity index (χ1v) is 9.46. The maximum Gasteiger partial charge on any atom is 0.270 e. The van der Waals surface area contributed by atoms with Crippen molar-refractivity contribution in [2.75, 3.05) is 0 Å². The molecule has 0 amide bonds. The summed E-state index contributed by atoms with van der Waals surface area (Å²) in [6.07, 6.45) is 4.99. The van der Waals surface area contributed by atoms with Gasteiger partial charge in [0.2, 0.25) is 0 Å². The normalized spacial score (nSPS) is 11.4. The maximum atomic E-state index is 11.1. The summed E-state index contributed by atoms with van der Waals surface area (Å²) in [5.74, 6) is 6.18. The number of hydrogen-bond acceptors (Lipinski definition) is 7. The van der Waals surface area contributed by atoms with Crippen LogP contribution in [-0.4, -0.2) is 25.7 Å². The molecule has 144 valence electrons. The first-order chi connectivity index (χ1) is 13.5. The zero-order chi connectivity index (χ0) is 20.1. The fraction of sp³-hybridized carbons (Fsp3) is 0.211. The largest absolute Gasteiger partial charge is 0.323 e. The molecule has 9 heteroatoms. The number of non-ortho nitro benzene ring substituents is 1. The van der Waals surface area contributed by atoms with Crippen LogP contribution in [0.25, 0.3) is 0 Å². The van der Waals surface area contributed by atoms with E-state index in [2.05, 4.69) is 23.9 Å². The number of aromatic nitrogens is 3. The van der Waals surface area contributed by atoms with E-state index in [0.717, 1.165) is 21.2 Å². The van der Waals surface area contributed by atoms with E-state index < -0.39 is 4.92 Å². The predicted octanol–water partition coefficient (Wildman–Crippen LogP) is 3.80. The molecule has 0 bridgehead atoms. The number of nitrogens with zero attached hydrogens (tertiary/aromatic N) is 5. The van der Waals surface area contributed by atoms with Gasteiger partial charge in [-0.05, 0) is 29.7 Å². The molecular weight excluding hydrogens is 376 g/mol. The highest BCUT2D eigenvalue weighted by molar-refractivity contribution is 7.99. The molecule has 2 heterocycles. The molecule has 0 radical (unpaired) electrons. The van der Waals surface area contributed by atoms with E-state index in [4.69, 9.17) is 10.8 Å². The van der Waals surface area contributed by atoms with Crippen LogP contribution in [0.15, 0.2) is 63.8 Å². The first kappa shape index (κ1) is 19.6. The lowest BCUT2D eigenvalue weighted by molar-refractivity contribution is -0.385. The third-order valence-electron chi connectivity index (χ3n) is 4.05. The third-order valence-corrected chi connectivity index (χ3v) is 5.16. The Morgan fingerprint density at radius 3 is 2.71 bits per heavy atom. The minimum Gasteiger partial charge on any atom is -0.323 e. The number of rotatable bonds is 7. The summed E-state index contributed by atoms with van der Waals surface area (Å²) in [4.78, 5) is 20.3. The van der Waals surface area contributed by atoms with Gasteiger partial charge in [0.1, 0.15) is 5.03 Å². The smallest absolute Gasteiger partial charge is 0.270 e. The van der Waals surface area contributed by atoms with Gasteiger partial charge in [-0.2, -0.15) is 5.10 Å². The van der Waals surface area contributed by atoms with E-state index in [9.17, 15) is 10.1 Å². The Morgan fingerprint density at radius 1 is 1.32 bits per heavy atom. The van der Waals surface area contributed by atoms with Crippen LogP contribution in [0.1, 0.15) is 36.8 Å².